The van der Waals surface area contributed by atoms with Crippen LogP contribution in [0, 0.1) is 0 Å². The lowest BCUT2D eigenvalue weighted by atomic mass is 10.00. The zero-order chi connectivity index (χ0) is 9.07. The standard InChI is InChI=1S/C6H9NO4/c1-6(7-2,5(10)11)3-4(8)9/h2-3H2,1H3,(H,8,9)(H,10,11). The maximum absolute atomic E-state index is 10.4. The number of carbonyl (C=O) groups is 2. The molecule has 0 saturated heterocycles. The van der Waals surface area contributed by atoms with Crippen molar-refractivity contribution in [1.82, 2.24) is 0 Å². The van der Waals surface area contributed by atoms with E-state index in [1.165, 1.54) is 6.92 Å². The van der Waals surface area contributed by atoms with Gasteiger partial charge in [0.15, 0.2) is 5.54 Å². The van der Waals surface area contributed by atoms with Crippen LogP contribution in [-0.4, -0.2) is 34.4 Å². The molecule has 0 aromatic carbocycles. The molecule has 0 amide bonds. The molecule has 0 radical (unpaired) electrons. The van der Waals surface area contributed by atoms with Crippen LogP contribution in [0.25, 0.3) is 0 Å². The van der Waals surface area contributed by atoms with Crippen molar-refractivity contribution in [2.45, 2.75) is 18.9 Å². The van der Waals surface area contributed by atoms with E-state index in [2.05, 4.69) is 11.7 Å². The van der Waals surface area contributed by atoms with Crippen LogP contribution in [0.4, 0.5) is 0 Å². The van der Waals surface area contributed by atoms with Gasteiger partial charge in [-0.1, -0.05) is 0 Å². The molecule has 0 rings (SSSR count). The van der Waals surface area contributed by atoms with Crippen molar-refractivity contribution in [3.05, 3.63) is 0 Å². The van der Waals surface area contributed by atoms with Crippen LogP contribution >= 0.6 is 0 Å². The molecule has 0 saturated carbocycles. The Bertz CT molecular complexity index is 201. The highest BCUT2D eigenvalue weighted by atomic mass is 16.4. The summed E-state index contributed by atoms with van der Waals surface area (Å²) < 4.78 is 0. The fourth-order valence-electron chi connectivity index (χ4n) is 0.494. The third-order valence-corrected chi connectivity index (χ3v) is 1.31. The number of carboxylic acids is 2. The van der Waals surface area contributed by atoms with Gasteiger partial charge in [-0.15, -0.1) is 0 Å². The van der Waals surface area contributed by atoms with Crippen LogP contribution in [0.2, 0.25) is 0 Å². The number of rotatable bonds is 4. The summed E-state index contributed by atoms with van der Waals surface area (Å²) in [6.45, 7) is 4.22. The highest BCUT2D eigenvalue weighted by molar-refractivity contribution is 5.85. The highest BCUT2D eigenvalue weighted by Gasteiger charge is 2.34. The van der Waals surface area contributed by atoms with Crippen LogP contribution in [0.15, 0.2) is 4.99 Å². The van der Waals surface area contributed by atoms with Crippen molar-refractivity contribution in [2.24, 2.45) is 4.99 Å². The summed E-state index contributed by atoms with van der Waals surface area (Å²) in [6, 6.07) is 0. The Kier molecular flexibility index (Phi) is 2.74. The first kappa shape index (κ1) is 9.61. The quantitative estimate of drug-likeness (QED) is 0.565. The van der Waals surface area contributed by atoms with E-state index in [9.17, 15) is 9.59 Å². The lowest BCUT2D eigenvalue weighted by Gasteiger charge is -2.15. The van der Waals surface area contributed by atoms with Gasteiger partial charge in [-0.2, -0.15) is 0 Å². The Balaban J connectivity index is 4.47. The van der Waals surface area contributed by atoms with Gasteiger partial charge in [0, 0.05) is 0 Å². The molecular formula is C6H9NO4. The third kappa shape index (κ3) is 2.37. The van der Waals surface area contributed by atoms with Gasteiger partial charge < -0.3 is 10.2 Å². The summed E-state index contributed by atoms with van der Waals surface area (Å²) in [5, 5.41) is 16.8. The first-order chi connectivity index (χ1) is 4.92. The maximum atomic E-state index is 10.4. The highest BCUT2D eigenvalue weighted by Crippen LogP contribution is 2.14. The SMILES string of the molecule is C=NC(C)(CC(=O)O)C(=O)O. The number of hydrogen-bond acceptors (Lipinski definition) is 3. The van der Waals surface area contributed by atoms with Crippen molar-refractivity contribution in [3.63, 3.8) is 0 Å². The van der Waals surface area contributed by atoms with Crippen LogP contribution in [0.1, 0.15) is 13.3 Å². The Morgan fingerprint density at radius 1 is 1.55 bits per heavy atom. The van der Waals surface area contributed by atoms with Crippen molar-refractivity contribution in [2.75, 3.05) is 0 Å². The minimum atomic E-state index is -1.61. The minimum Gasteiger partial charge on any atom is -0.481 e. The number of hydrogen-bond donors (Lipinski definition) is 2. The van der Waals surface area contributed by atoms with Gasteiger partial charge in [-0.3, -0.25) is 9.79 Å². The molecule has 2 N–H and O–H groups in total. The van der Waals surface area contributed by atoms with Gasteiger partial charge in [-0.05, 0) is 13.6 Å². The van der Waals surface area contributed by atoms with E-state index in [-0.39, 0.29) is 0 Å². The fraction of sp³-hybridized carbons (Fsp3) is 0.500. The maximum Gasteiger partial charge on any atom is 0.331 e. The zero-order valence-electron chi connectivity index (χ0n) is 6.07. The molecule has 0 bridgehead atoms. The van der Waals surface area contributed by atoms with Gasteiger partial charge in [-0.25, -0.2) is 4.79 Å². The Morgan fingerprint density at radius 3 is 2.09 bits per heavy atom. The first-order valence-corrected chi connectivity index (χ1v) is 2.85. The Hall–Kier alpha value is -1.39. The number of aliphatic imine (C=N–C) groups is 1. The molecule has 0 heterocycles. The second-order valence-corrected chi connectivity index (χ2v) is 2.31. The lowest BCUT2D eigenvalue weighted by molar-refractivity contribution is -0.148. The molecule has 5 nitrogen and oxygen atoms in total. The number of aliphatic carboxylic acids is 2. The molecule has 0 aliphatic heterocycles. The minimum absolute atomic E-state index is 0.550. The monoisotopic (exact) mass is 159 g/mol. The van der Waals surface area contributed by atoms with E-state index in [0.29, 0.717) is 0 Å². The smallest absolute Gasteiger partial charge is 0.331 e. The summed E-state index contributed by atoms with van der Waals surface area (Å²) >= 11 is 0. The van der Waals surface area contributed by atoms with E-state index in [4.69, 9.17) is 10.2 Å². The molecule has 0 spiro atoms. The van der Waals surface area contributed by atoms with Crippen LogP contribution in [0.3, 0.4) is 0 Å². The molecule has 0 aliphatic rings. The van der Waals surface area contributed by atoms with Crippen molar-refractivity contribution < 1.29 is 19.8 Å². The molecule has 0 aliphatic carbocycles. The summed E-state index contributed by atoms with van der Waals surface area (Å²) in [7, 11) is 0. The van der Waals surface area contributed by atoms with E-state index in [1.807, 2.05) is 0 Å². The number of nitrogens with zero attached hydrogens (tertiary/aromatic N) is 1. The average Bonchev–Trinajstić information content (AvgIpc) is 1.86. The molecular weight excluding hydrogens is 150 g/mol. The van der Waals surface area contributed by atoms with Crippen LogP contribution in [-0.2, 0) is 9.59 Å². The summed E-state index contributed by atoms with van der Waals surface area (Å²) in [5.41, 5.74) is -1.61. The van der Waals surface area contributed by atoms with Crippen molar-refractivity contribution >= 4 is 18.7 Å². The summed E-state index contributed by atoms with van der Waals surface area (Å²) in [4.78, 5) is 23.7. The predicted octanol–water partition coefficient (Wildman–Crippen LogP) is 0.00500. The molecule has 5 heteroatoms. The van der Waals surface area contributed by atoms with Crippen LogP contribution < -0.4 is 0 Å². The predicted molar refractivity (Wildman–Crippen MR) is 37.8 cm³/mol. The molecule has 0 aromatic heterocycles. The second kappa shape index (κ2) is 3.14. The van der Waals surface area contributed by atoms with Gasteiger partial charge in [0.25, 0.3) is 0 Å². The normalized spacial score (nSPS) is 15.0. The van der Waals surface area contributed by atoms with Crippen LogP contribution in [0.5, 0.6) is 0 Å². The van der Waals surface area contributed by atoms with Gasteiger partial charge in [0.05, 0.1) is 6.42 Å². The second-order valence-electron chi connectivity index (χ2n) is 2.31. The largest absolute Gasteiger partial charge is 0.481 e. The van der Waals surface area contributed by atoms with E-state index < -0.39 is 23.9 Å². The molecule has 0 fully saturated rings. The number of carboxylic acid groups (broad SMARTS) is 2. The molecule has 11 heavy (non-hydrogen) atoms. The molecule has 1 unspecified atom stereocenters. The summed E-state index contributed by atoms with van der Waals surface area (Å²) in [5.74, 6) is -2.49. The Morgan fingerprint density at radius 2 is 2.00 bits per heavy atom. The first-order valence-electron chi connectivity index (χ1n) is 2.85. The van der Waals surface area contributed by atoms with Gasteiger partial charge >= 0.3 is 11.9 Å². The van der Waals surface area contributed by atoms with Gasteiger partial charge in [0.1, 0.15) is 0 Å². The topological polar surface area (TPSA) is 87.0 Å². The zero-order valence-corrected chi connectivity index (χ0v) is 6.07. The summed E-state index contributed by atoms with van der Waals surface area (Å²) in [6.07, 6.45) is -0.550. The lowest BCUT2D eigenvalue weighted by Crippen LogP contribution is -2.35. The van der Waals surface area contributed by atoms with Crippen molar-refractivity contribution in [3.8, 4) is 0 Å². The van der Waals surface area contributed by atoms with E-state index >= 15 is 0 Å². The average molecular weight is 159 g/mol. The fourth-order valence-corrected chi connectivity index (χ4v) is 0.494. The molecule has 62 valence electrons. The molecule has 0 aromatic rings. The van der Waals surface area contributed by atoms with Gasteiger partial charge in [0.2, 0.25) is 0 Å². The van der Waals surface area contributed by atoms with Crippen molar-refractivity contribution in [1.29, 1.82) is 0 Å². The third-order valence-electron chi connectivity index (χ3n) is 1.31. The van der Waals surface area contributed by atoms with E-state index in [1.54, 1.807) is 0 Å². The van der Waals surface area contributed by atoms with E-state index in [0.717, 1.165) is 0 Å². The Labute approximate surface area is 63.4 Å². The molecule has 1 atom stereocenters.